The summed E-state index contributed by atoms with van der Waals surface area (Å²) in [5.41, 5.74) is -1.06. The van der Waals surface area contributed by atoms with Crippen molar-refractivity contribution in [1.82, 2.24) is 9.88 Å². The fraction of sp³-hybridized carbons (Fsp3) is 0.688. The molecule has 24 heavy (non-hydrogen) atoms. The van der Waals surface area contributed by atoms with Crippen LogP contribution in [0.3, 0.4) is 0 Å². The highest BCUT2D eigenvalue weighted by molar-refractivity contribution is 5.18. The standard InChI is InChI=1S/C16H23F3N2O3/c1-9(2)7-10-14(22)15(23)11(8-21(10)3)24-13-6-4-5-12(20-13)16(17,18)19/h4-6,9-11,14-15,22-23H,7-8H2,1-3H3/t10-,11+,14+,15-/m1/s1. The first kappa shape index (κ1) is 19.0. The van der Waals surface area contributed by atoms with E-state index in [1.54, 1.807) is 7.05 Å². The van der Waals surface area contributed by atoms with Crippen molar-refractivity contribution in [2.75, 3.05) is 13.6 Å². The summed E-state index contributed by atoms with van der Waals surface area (Å²) in [4.78, 5) is 5.29. The second-order valence-electron chi connectivity index (χ2n) is 6.63. The highest BCUT2D eigenvalue weighted by atomic mass is 19.4. The number of piperidine rings is 1. The van der Waals surface area contributed by atoms with Crippen LogP contribution in [0.15, 0.2) is 18.2 Å². The van der Waals surface area contributed by atoms with Gasteiger partial charge in [-0.1, -0.05) is 19.9 Å². The second kappa shape index (κ2) is 7.25. The molecule has 0 spiro atoms. The third-order valence-corrected chi connectivity index (χ3v) is 4.16. The number of likely N-dealkylation sites (N-methyl/N-ethyl adjacent to an activating group) is 1. The number of hydrogen-bond acceptors (Lipinski definition) is 5. The first-order valence-electron chi connectivity index (χ1n) is 7.87. The molecule has 2 heterocycles. The third kappa shape index (κ3) is 4.37. The average Bonchev–Trinajstić information content (AvgIpc) is 2.48. The van der Waals surface area contributed by atoms with Gasteiger partial charge in [0, 0.05) is 18.7 Å². The normalized spacial score (nSPS) is 29.0. The Balaban J connectivity index is 2.11. The Morgan fingerprint density at radius 3 is 2.54 bits per heavy atom. The molecule has 0 bridgehead atoms. The molecule has 0 aromatic carbocycles. The second-order valence-corrected chi connectivity index (χ2v) is 6.63. The minimum Gasteiger partial charge on any atom is -0.470 e. The zero-order chi connectivity index (χ0) is 18.1. The summed E-state index contributed by atoms with van der Waals surface area (Å²) in [5.74, 6) is 0.110. The lowest BCUT2D eigenvalue weighted by Crippen LogP contribution is -2.61. The van der Waals surface area contributed by atoms with Crippen LogP contribution >= 0.6 is 0 Å². The number of nitrogens with zero attached hydrogens (tertiary/aromatic N) is 2. The Hall–Kier alpha value is -1.38. The molecule has 1 aromatic heterocycles. The number of aliphatic hydroxyl groups excluding tert-OH is 2. The van der Waals surface area contributed by atoms with Crippen molar-refractivity contribution in [1.29, 1.82) is 0 Å². The summed E-state index contributed by atoms with van der Waals surface area (Å²) in [6.07, 6.45) is -6.96. The Labute approximate surface area is 139 Å². The molecule has 8 heteroatoms. The van der Waals surface area contributed by atoms with E-state index < -0.39 is 30.2 Å². The van der Waals surface area contributed by atoms with Crippen LogP contribution < -0.4 is 4.74 Å². The van der Waals surface area contributed by atoms with Crippen LogP contribution in [0.4, 0.5) is 13.2 Å². The van der Waals surface area contributed by atoms with E-state index >= 15 is 0 Å². The van der Waals surface area contributed by atoms with Crippen molar-refractivity contribution in [3.63, 3.8) is 0 Å². The number of halogens is 3. The largest absolute Gasteiger partial charge is 0.470 e. The predicted molar refractivity (Wildman–Crippen MR) is 81.5 cm³/mol. The SMILES string of the molecule is CC(C)C[C@@H]1[C@H](O)[C@H](O)[C@@H](Oc2cccc(C(F)(F)F)n2)CN1C. The minimum atomic E-state index is -4.57. The van der Waals surface area contributed by atoms with Gasteiger partial charge in [-0.05, 0) is 25.5 Å². The number of pyridine rings is 1. The fourth-order valence-corrected chi connectivity index (χ4v) is 2.94. The molecule has 0 amide bonds. The Bertz CT molecular complexity index is 554. The minimum absolute atomic E-state index is 0.225. The molecule has 1 saturated heterocycles. The van der Waals surface area contributed by atoms with Gasteiger partial charge in [0.25, 0.3) is 0 Å². The molecule has 1 aliphatic rings. The van der Waals surface area contributed by atoms with Gasteiger partial charge in [0.05, 0.1) is 6.10 Å². The van der Waals surface area contributed by atoms with E-state index in [1.165, 1.54) is 12.1 Å². The number of alkyl halides is 3. The molecule has 2 N–H and O–H groups in total. The zero-order valence-corrected chi connectivity index (χ0v) is 13.9. The zero-order valence-electron chi connectivity index (χ0n) is 13.9. The number of aliphatic hydroxyl groups is 2. The van der Waals surface area contributed by atoms with Gasteiger partial charge in [-0.3, -0.25) is 4.90 Å². The highest BCUT2D eigenvalue weighted by Crippen LogP contribution is 2.30. The van der Waals surface area contributed by atoms with Crippen LogP contribution in [-0.4, -0.2) is 58.0 Å². The number of likely N-dealkylation sites (tertiary alicyclic amines) is 1. The fourth-order valence-electron chi connectivity index (χ4n) is 2.94. The molecular weight excluding hydrogens is 325 g/mol. The van der Waals surface area contributed by atoms with E-state index in [0.717, 1.165) is 6.07 Å². The van der Waals surface area contributed by atoms with Crippen molar-refractivity contribution >= 4 is 0 Å². The molecule has 0 saturated carbocycles. The van der Waals surface area contributed by atoms with Crippen molar-refractivity contribution < 1.29 is 28.1 Å². The van der Waals surface area contributed by atoms with Gasteiger partial charge >= 0.3 is 6.18 Å². The lowest BCUT2D eigenvalue weighted by Gasteiger charge is -2.44. The predicted octanol–water partition coefficient (Wildman–Crippen LogP) is 1.93. The molecule has 0 aliphatic carbocycles. The summed E-state index contributed by atoms with van der Waals surface area (Å²) >= 11 is 0. The van der Waals surface area contributed by atoms with E-state index in [-0.39, 0.29) is 18.5 Å². The molecule has 2 rings (SSSR count). The van der Waals surface area contributed by atoms with Crippen LogP contribution in [0, 0.1) is 5.92 Å². The number of rotatable bonds is 4. The first-order valence-corrected chi connectivity index (χ1v) is 7.87. The molecule has 1 aromatic rings. The Morgan fingerprint density at radius 1 is 1.29 bits per heavy atom. The molecule has 136 valence electrons. The average molecular weight is 348 g/mol. The molecule has 4 atom stereocenters. The molecule has 1 aliphatic heterocycles. The summed E-state index contributed by atoms with van der Waals surface area (Å²) in [7, 11) is 1.79. The van der Waals surface area contributed by atoms with Crippen molar-refractivity contribution in [3.8, 4) is 5.88 Å². The van der Waals surface area contributed by atoms with Crippen molar-refractivity contribution in [2.45, 2.75) is 50.8 Å². The smallest absolute Gasteiger partial charge is 0.433 e. The third-order valence-electron chi connectivity index (χ3n) is 4.16. The summed E-state index contributed by atoms with van der Waals surface area (Å²) in [5, 5.41) is 20.6. The summed E-state index contributed by atoms with van der Waals surface area (Å²) < 4.78 is 43.5. The van der Waals surface area contributed by atoms with E-state index in [1.807, 2.05) is 18.7 Å². The van der Waals surface area contributed by atoms with E-state index in [9.17, 15) is 23.4 Å². The quantitative estimate of drug-likeness (QED) is 0.870. The van der Waals surface area contributed by atoms with Crippen molar-refractivity contribution in [3.05, 3.63) is 23.9 Å². The molecule has 1 fully saturated rings. The van der Waals surface area contributed by atoms with E-state index in [2.05, 4.69) is 4.98 Å². The summed E-state index contributed by atoms with van der Waals surface area (Å²) in [6, 6.07) is 3.12. The van der Waals surface area contributed by atoms with Crippen LogP contribution in [0.5, 0.6) is 5.88 Å². The van der Waals surface area contributed by atoms with Gasteiger partial charge in [-0.2, -0.15) is 13.2 Å². The molecule has 0 unspecified atom stereocenters. The maximum absolute atomic E-state index is 12.7. The molecular formula is C16H23F3N2O3. The van der Waals surface area contributed by atoms with E-state index in [4.69, 9.17) is 4.74 Å². The van der Waals surface area contributed by atoms with Crippen LogP contribution in [0.1, 0.15) is 26.0 Å². The summed E-state index contributed by atoms with van der Waals surface area (Å²) in [6.45, 7) is 4.32. The molecule has 0 radical (unpaired) electrons. The van der Waals surface area contributed by atoms with E-state index in [0.29, 0.717) is 12.3 Å². The van der Waals surface area contributed by atoms with Gasteiger partial charge in [0.1, 0.15) is 17.9 Å². The van der Waals surface area contributed by atoms with Crippen molar-refractivity contribution in [2.24, 2.45) is 5.92 Å². The first-order chi connectivity index (χ1) is 11.1. The number of ether oxygens (including phenoxy) is 1. The Morgan fingerprint density at radius 2 is 1.96 bits per heavy atom. The topological polar surface area (TPSA) is 65.8 Å². The molecule has 5 nitrogen and oxygen atoms in total. The number of aromatic nitrogens is 1. The van der Waals surface area contributed by atoms with Crippen LogP contribution in [0.25, 0.3) is 0 Å². The number of hydrogen-bond donors (Lipinski definition) is 2. The Kier molecular flexibility index (Phi) is 5.72. The van der Waals surface area contributed by atoms with Crippen LogP contribution in [0.2, 0.25) is 0 Å². The van der Waals surface area contributed by atoms with Gasteiger partial charge < -0.3 is 14.9 Å². The van der Waals surface area contributed by atoms with Crippen LogP contribution in [-0.2, 0) is 6.18 Å². The highest BCUT2D eigenvalue weighted by Gasteiger charge is 2.42. The monoisotopic (exact) mass is 348 g/mol. The van der Waals surface area contributed by atoms with Gasteiger partial charge in [0.2, 0.25) is 5.88 Å². The van der Waals surface area contributed by atoms with Gasteiger partial charge in [0.15, 0.2) is 0 Å². The lowest BCUT2D eigenvalue weighted by molar-refractivity contribution is -0.142. The van der Waals surface area contributed by atoms with Gasteiger partial charge in [-0.15, -0.1) is 0 Å². The maximum Gasteiger partial charge on any atom is 0.433 e. The lowest BCUT2D eigenvalue weighted by atomic mass is 9.89. The maximum atomic E-state index is 12.7. The van der Waals surface area contributed by atoms with Gasteiger partial charge in [-0.25, -0.2) is 4.98 Å².